The predicted molar refractivity (Wildman–Crippen MR) is 84.1 cm³/mol. The average molecular weight is 316 g/mol. The first-order chi connectivity index (χ1) is 9.25. The molecule has 20 heavy (non-hydrogen) atoms. The molecule has 0 unspecified atom stereocenters. The van der Waals surface area contributed by atoms with Crippen molar-refractivity contribution in [3.05, 3.63) is 15.6 Å². The van der Waals surface area contributed by atoms with Crippen LogP contribution in [0.2, 0.25) is 0 Å². The highest BCUT2D eigenvalue weighted by Gasteiger charge is 2.26. The Labute approximate surface area is 130 Å². The minimum atomic E-state index is 0. The van der Waals surface area contributed by atoms with E-state index >= 15 is 0 Å². The summed E-state index contributed by atoms with van der Waals surface area (Å²) in [5.74, 6) is 0.786. The molecule has 1 aromatic heterocycles. The van der Waals surface area contributed by atoms with Gasteiger partial charge in [0.05, 0.1) is 10.7 Å². The average Bonchev–Trinajstić information content (AvgIpc) is 3.08. The number of rotatable bonds is 2. The third kappa shape index (κ3) is 3.15. The van der Waals surface area contributed by atoms with E-state index in [-0.39, 0.29) is 18.3 Å². The van der Waals surface area contributed by atoms with Crippen molar-refractivity contribution >= 4 is 29.7 Å². The molecule has 0 bridgehead atoms. The number of hydrogen-bond acceptors (Lipinski definition) is 4. The van der Waals surface area contributed by atoms with Crippen molar-refractivity contribution in [3.8, 4) is 0 Å². The molecule has 1 aliphatic carbocycles. The number of piperazine rings is 1. The van der Waals surface area contributed by atoms with E-state index in [1.807, 2.05) is 11.8 Å². The Kier molecular flexibility index (Phi) is 5.41. The lowest BCUT2D eigenvalue weighted by atomic mass is 10.1. The zero-order valence-corrected chi connectivity index (χ0v) is 13.5. The van der Waals surface area contributed by atoms with Crippen molar-refractivity contribution in [3.63, 3.8) is 0 Å². The molecule has 2 heterocycles. The van der Waals surface area contributed by atoms with E-state index in [1.165, 1.54) is 30.7 Å². The fraction of sp³-hybridized carbons (Fsp3) is 0.714. The summed E-state index contributed by atoms with van der Waals surface area (Å²) in [6.45, 7) is 5.41. The predicted octanol–water partition coefficient (Wildman–Crippen LogP) is 2.58. The Morgan fingerprint density at radius 3 is 2.60 bits per heavy atom. The smallest absolute Gasteiger partial charge is 0.265 e. The molecule has 3 rings (SSSR count). The van der Waals surface area contributed by atoms with Gasteiger partial charge >= 0.3 is 0 Å². The molecule has 1 N–H and O–H groups in total. The van der Waals surface area contributed by atoms with Gasteiger partial charge in [-0.15, -0.1) is 23.7 Å². The fourth-order valence-electron chi connectivity index (χ4n) is 2.97. The van der Waals surface area contributed by atoms with Gasteiger partial charge in [-0.25, -0.2) is 4.98 Å². The number of aromatic nitrogens is 1. The zero-order valence-electron chi connectivity index (χ0n) is 11.9. The number of nitrogens with zero attached hydrogens (tertiary/aromatic N) is 2. The highest BCUT2D eigenvalue weighted by molar-refractivity contribution is 7.13. The minimum absolute atomic E-state index is 0. The lowest BCUT2D eigenvalue weighted by Crippen LogP contribution is -2.46. The molecule has 0 aromatic carbocycles. The normalized spacial score (nSPS) is 19.9. The number of amides is 1. The third-order valence-corrected chi connectivity index (χ3v) is 5.42. The van der Waals surface area contributed by atoms with Crippen molar-refractivity contribution < 1.29 is 4.79 Å². The van der Waals surface area contributed by atoms with Gasteiger partial charge in [0.15, 0.2) is 0 Å². The fourth-order valence-corrected chi connectivity index (χ4v) is 4.18. The van der Waals surface area contributed by atoms with E-state index in [9.17, 15) is 4.79 Å². The van der Waals surface area contributed by atoms with Gasteiger partial charge in [0.25, 0.3) is 5.91 Å². The van der Waals surface area contributed by atoms with Crippen LogP contribution in [0.5, 0.6) is 0 Å². The van der Waals surface area contributed by atoms with E-state index in [2.05, 4.69) is 10.3 Å². The highest BCUT2D eigenvalue weighted by Crippen LogP contribution is 2.37. The lowest BCUT2D eigenvalue weighted by molar-refractivity contribution is 0.0740. The maximum absolute atomic E-state index is 12.5. The van der Waals surface area contributed by atoms with E-state index < -0.39 is 0 Å². The first kappa shape index (κ1) is 15.7. The van der Waals surface area contributed by atoms with Gasteiger partial charge in [0.2, 0.25) is 0 Å². The molecule has 1 aromatic rings. The van der Waals surface area contributed by atoms with Crippen LogP contribution in [0.3, 0.4) is 0 Å². The first-order valence-corrected chi connectivity index (χ1v) is 8.04. The molecule has 1 saturated carbocycles. The molecule has 0 atom stereocenters. The van der Waals surface area contributed by atoms with Crippen LogP contribution in [0, 0.1) is 6.92 Å². The van der Waals surface area contributed by atoms with Crippen LogP contribution in [-0.2, 0) is 0 Å². The summed E-state index contributed by atoms with van der Waals surface area (Å²) < 4.78 is 0. The Morgan fingerprint density at radius 2 is 1.95 bits per heavy atom. The van der Waals surface area contributed by atoms with Crippen molar-refractivity contribution in [2.24, 2.45) is 0 Å². The van der Waals surface area contributed by atoms with Gasteiger partial charge in [-0.2, -0.15) is 0 Å². The number of halogens is 1. The van der Waals surface area contributed by atoms with Crippen molar-refractivity contribution in [2.75, 3.05) is 26.2 Å². The number of carbonyl (C=O) groups is 1. The van der Waals surface area contributed by atoms with Crippen LogP contribution in [0.4, 0.5) is 0 Å². The topological polar surface area (TPSA) is 45.2 Å². The van der Waals surface area contributed by atoms with Gasteiger partial charge < -0.3 is 10.2 Å². The molecular formula is C14H22ClN3OS. The molecular weight excluding hydrogens is 294 g/mol. The van der Waals surface area contributed by atoms with Gasteiger partial charge in [0, 0.05) is 32.1 Å². The maximum atomic E-state index is 12.5. The summed E-state index contributed by atoms with van der Waals surface area (Å²) >= 11 is 1.64. The summed E-state index contributed by atoms with van der Waals surface area (Å²) in [4.78, 5) is 20.0. The monoisotopic (exact) mass is 315 g/mol. The number of hydrogen-bond donors (Lipinski definition) is 1. The highest BCUT2D eigenvalue weighted by atomic mass is 35.5. The second-order valence-electron chi connectivity index (χ2n) is 5.49. The molecule has 6 heteroatoms. The number of aryl methyl sites for hydroxylation is 1. The quantitative estimate of drug-likeness (QED) is 0.912. The van der Waals surface area contributed by atoms with Crippen LogP contribution in [0.25, 0.3) is 0 Å². The van der Waals surface area contributed by atoms with E-state index in [0.717, 1.165) is 36.8 Å². The van der Waals surface area contributed by atoms with Crippen LogP contribution < -0.4 is 5.32 Å². The second kappa shape index (κ2) is 6.87. The van der Waals surface area contributed by atoms with Gasteiger partial charge in [-0.3, -0.25) is 4.79 Å². The summed E-state index contributed by atoms with van der Waals surface area (Å²) in [7, 11) is 0. The largest absolute Gasteiger partial charge is 0.335 e. The number of thiazole rings is 1. The van der Waals surface area contributed by atoms with Crippen LogP contribution >= 0.6 is 23.7 Å². The molecule has 112 valence electrons. The molecule has 2 fully saturated rings. The SMILES string of the molecule is Cc1nc(C2CCCC2)sc1C(=O)N1CCNCC1.Cl. The third-order valence-electron chi connectivity index (χ3n) is 4.12. The van der Waals surface area contributed by atoms with E-state index in [4.69, 9.17) is 0 Å². The maximum Gasteiger partial charge on any atom is 0.265 e. The van der Waals surface area contributed by atoms with Crippen molar-refractivity contribution in [1.82, 2.24) is 15.2 Å². The Morgan fingerprint density at radius 1 is 1.30 bits per heavy atom. The molecule has 1 saturated heterocycles. The summed E-state index contributed by atoms with van der Waals surface area (Å²) in [6.07, 6.45) is 5.11. The summed E-state index contributed by atoms with van der Waals surface area (Å²) in [5.41, 5.74) is 0.926. The molecule has 0 spiro atoms. The molecule has 4 nitrogen and oxygen atoms in total. The molecule has 2 aliphatic rings. The Balaban J connectivity index is 0.00000147. The van der Waals surface area contributed by atoms with Crippen molar-refractivity contribution in [1.29, 1.82) is 0 Å². The van der Waals surface area contributed by atoms with E-state index in [0.29, 0.717) is 5.92 Å². The zero-order chi connectivity index (χ0) is 13.2. The molecule has 1 aliphatic heterocycles. The van der Waals surface area contributed by atoms with Crippen molar-refractivity contribution in [2.45, 2.75) is 38.5 Å². The molecule has 0 radical (unpaired) electrons. The van der Waals surface area contributed by atoms with Crippen LogP contribution in [-0.4, -0.2) is 42.0 Å². The van der Waals surface area contributed by atoms with Gasteiger partial charge in [0.1, 0.15) is 4.88 Å². The van der Waals surface area contributed by atoms with Crippen LogP contribution in [0.1, 0.15) is 52.0 Å². The minimum Gasteiger partial charge on any atom is -0.335 e. The first-order valence-electron chi connectivity index (χ1n) is 7.23. The lowest BCUT2D eigenvalue weighted by Gasteiger charge is -2.27. The Hall–Kier alpha value is -0.650. The molecule has 1 amide bonds. The second-order valence-corrected chi connectivity index (χ2v) is 6.52. The van der Waals surface area contributed by atoms with Gasteiger partial charge in [-0.05, 0) is 19.8 Å². The van der Waals surface area contributed by atoms with Crippen LogP contribution in [0.15, 0.2) is 0 Å². The standard InChI is InChI=1S/C14H21N3OS.ClH/c1-10-12(14(18)17-8-6-15-7-9-17)19-13(16-10)11-4-2-3-5-11;/h11,15H,2-9H2,1H3;1H. The number of nitrogens with one attached hydrogen (secondary N) is 1. The summed E-state index contributed by atoms with van der Waals surface area (Å²) in [5, 5.41) is 4.47. The van der Waals surface area contributed by atoms with E-state index in [1.54, 1.807) is 11.3 Å². The van der Waals surface area contributed by atoms with Gasteiger partial charge in [-0.1, -0.05) is 12.8 Å². The Bertz CT molecular complexity index is 465. The summed E-state index contributed by atoms with van der Waals surface area (Å²) in [6, 6.07) is 0. The number of carbonyl (C=O) groups excluding carboxylic acids is 1.